The number of rotatable bonds is 7. The predicted octanol–water partition coefficient (Wildman–Crippen LogP) is 4.47. The van der Waals surface area contributed by atoms with Crippen molar-refractivity contribution in [2.75, 3.05) is 10.1 Å². The normalized spacial score (nSPS) is 12.5. The lowest BCUT2D eigenvalue weighted by Gasteiger charge is -2.21. The Balaban J connectivity index is 1.83. The Kier molecular flexibility index (Phi) is 5.94. The van der Waals surface area contributed by atoms with Gasteiger partial charge in [-0.05, 0) is 18.2 Å². The summed E-state index contributed by atoms with van der Waals surface area (Å²) in [7, 11) is -1.27. The Hall–Kier alpha value is -1.91. The van der Waals surface area contributed by atoms with E-state index in [1.807, 2.05) is 6.92 Å². The van der Waals surface area contributed by atoms with Gasteiger partial charge in [0.1, 0.15) is 21.7 Å². The average molecular weight is 419 g/mol. The molecule has 26 heavy (non-hydrogen) atoms. The van der Waals surface area contributed by atoms with Gasteiger partial charge in [0, 0.05) is 16.2 Å². The summed E-state index contributed by atoms with van der Waals surface area (Å²) in [5, 5.41) is 9.65. The highest BCUT2D eigenvalue weighted by Crippen LogP contribution is 2.27. The Bertz CT molecular complexity index is 918. The highest BCUT2D eigenvalue weighted by molar-refractivity contribution is 7.86. The zero-order valence-electron chi connectivity index (χ0n) is 13.4. The van der Waals surface area contributed by atoms with Crippen molar-refractivity contribution in [3.05, 3.63) is 45.6 Å². The number of nitrogens with zero attached hydrogens (tertiary/aromatic N) is 4. The van der Waals surface area contributed by atoms with Crippen LogP contribution in [0.1, 0.15) is 24.2 Å². The molecule has 138 valence electrons. The largest absolute Gasteiger partial charge is 0.414 e. The Morgan fingerprint density at radius 2 is 2.19 bits per heavy atom. The molecule has 0 radical (unpaired) electrons. The minimum Gasteiger partial charge on any atom is -0.414 e. The molecule has 0 spiro atoms. The number of hydrogen-bond acceptors (Lipinski definition) is 6. The second-order valence-electron chi connectivity index (χ2n) is 5.00. The summed E-state index contributed by atoms with van der Waals surface area (Å²) >= 11 is 7.31. The van der Waals surface area contributed by atoms with Crippen molar-refractivity contribution >= 4 is 39.6 Å². The lowest BCUT2D eigenvalue weighted by atomic mass is 10.3. The molecule has 11 heteroatoms. The van der Waals surface area contributed by atoms with Crippen molar-refractivity contribution in [2.45, 2.75) is 19.9 Å². The minimum atomic E-state index is -2.83. The second-order valence-corrected chi connectivity index (χ2v) is 8.04. The molecule has 0 bridgehead atoms. The van der Waals surface area contributed by atoms with Crippen molar-refractivity contribution in [3.63, 3.8) is 0 Å². The number of anilines is 1. The van der Waals surface area contributed by atoms with Crippen LogP contribution in [0.15, 0.2) is 34.1 Å². The first-order valence-electron chi connectivity index (χ1n) is 7.46. The number of halogens is 3. The third-order valence-corrected chi connectivity index (χ3v) is 5.66. The van der Waals surface area contributed by atoms with Crippen LogP contribution in [-0.4, -0.2) is 25.1 Å². The first-order valence-corrected chi connectivity index (χ1v) is 9.99. The van der Waals surface area contributed by atoms with Crippen LogP contribution < -0.4 is 4.31 Å². The second kappa shape index (κ2) is 8.19. The van der Waals surface area contributed by atoms with Gasteiger partial charge in [0.15, 0.2) is 0 Å². The zero-order valence-corrected chi connectivity index (χ0v) is 15.8. The van der Waals surface area contributed by atoms with E-state index in [2.05, 4.69) is 15.2 Å². The molecule has 3 rings (SSSR count). The summed E-state index contributed by atoms with van der Waals surface area (Å²) in [5.74, 6) is -0.400. The van der Waals surface area contributed by atoms with E-state index < -0.39 is 23.3 Å². The monoisotopic (exact) mass is 418 g/mol. The molecule has 0 aliphatic carbocycles. The summed E-state index contributed by atoms with van der Waals surface area (Å²) in [4.78, 5) is 4.33. The van der Waals surface area contributed by atoms with Crippen LogP contribution in [0.2, 0.25) is 5.02 Å². The first kappa shape index (κ1) is 18.9. The number of aromatic nitrogens is 3. The van der Waals surface area contributed by atoms with Crippen molar-refractivity contribution in [3.8, 4) is 11.6 Å². The fraction of sp³-hybridized carbons (Fsp3) is 0.267. The summed E-state index contributed by atoms with van der Waals surface area (Å²) < 4.78 is 44.1. The molecular weight excluding hydrogens is 406 g/mol. The molecule has 1 unspecified atom stereocenters. The van der Waals surface area contributed by atoms with Gasteiger partial charge in [0.05, 0.1) is 12.2 Å². The van der Waals surface area contributed by atoms with Gasteiger partial charge in [-0.25, -0.2) is 9.19 Å². The SMILES string of the molecule is CCS(=O)N(Cc1nc(-c2nnc(C(F)F)o2)cs1)c1cccc(Cl)c1. The molecule has 0 aliphatic heterocycles. The molecule has 0 amide bonds. The van der Waals surface area contributed by atoms with Gasteiger partial charge in [-0.2, -0.15) is 8.78 Å². The molecule has 0 N–H and O–H groups in total. The number of hydrogen-bond donors (Lipinski definition) is 0. The number of benzene rings is 1. The Labute approximate surface area is 159 Å². The molecule has 3 aromatic rings. The van der Waals surface area contributed by atoms with Crippen LogP contribution in [0, 0.1) is 0 Å². The molecule has 2 heterocycles. The van der Waals surface area contributed by atoms with E-state index in [9.17, 15) is 13.0 Å². The molecule has 2 aromatic heterocycles. The highest BCUT2D eigenvalue weighted by atomic mass is 35.5. The lowest BCUT2D eigenvalue weighted by molar-refractivity contribution is 0.116. The molecule has 0 aliphatic rings. The maximum atomic E-state index is 12.6. The summed E-state index contributed by atoms with van der Waals surface area (Å²) in [6.07, 6.45) is -2.83. The minimum absolute atomic E-state index is 0.0753. The summed E-state index contributed by atoms with van der Waals surface area (Å²) in [6, 6.07) is 7.03. The van der Waals surface area contributed by atoms with Gasteiger partial charge in [-0.1, -0.05) is 24.6 Å². The van der Waals surface area contributed by atoms with Gasteiger partial charge in [-0.3, -0.25) is 4.31 Å². The van der Waals surface area contributed by atoms with E-state index in [4.69, 9.17) is 16.0 Å². The van der Waals surface area contributed by atoms with Crippen LogP contribution in [0.5, 0.6) is 0 Å². The van der Waals surface area contributed by atoms with Gasteiger partial charge in [0.2, 0.25) is 0 Å². The van der Waals surface area contributed by atoms with Crippen LogP contribution in [0.3, 0.4) is 0 Å². The quantitative estimate of drug-likeness (QED) is 0.565. The molecule has 0 fully saturated rings. The lowest BCUT2D eigenvalue weighted by Crippen LogP contribution is -2.26. The number of thiazole rings is 1. The topological polar surface area (TPSA) is 72.1 Å². The fourth-order valence-corrected chi connectivity index (χ4v) is 4.05. The van der Waals surface area contributed by atoms with Crippen LogP contribution in [0.25, 0.3) is 11.6 Å². The van der Waals surface area contributed by atoms with Crippen molar-refractivity contribution in [2.24, 2.45) is 0 Å². The van der Waals surface area contributed by atoms with E-state index >= 15 is 0 Å². The van der Waals surface area contributed by atoms with Gasteiger partial charge in [0.25, 0.3) is 11.8 Å². The van der Waals surface area contributed by atoms with Crippen molar-refractivity contribution in [1.82, 2.24) is 15.2 Å². The smallest absolute Gasteiger partial charge is 0.314 e. The standard InChI is InChI=1S/C15H13ClF2N4O2S2/c1-2-26(23)22(10-5-3-4-9(16)6-10)7-12-19-11(8-25-12)14-20-21-15(24-14)13(17)18/h3-6,8,13H,2,7H2,1H3. The van der Waals surface area contributed by atoms with Gasteiger partial charge < -0.3 is 4.42 Å². The predicted molar refractivity (Wildman–Crippen MR) is 96.7 cm³/mol. The fourth-order valence-electron chi connectivity index (χ4n) is 2.10. The Morgan fingerprint density at radius 1 is 1.38 bits per heavy atom. The van der Waals surface area contributed by atoms with Crippen LogP contribution >= 0.6 is 22.9 Å². The summed E-state index contributed by atoms with van der Waals surface area (Å²) in [6.45, 7) is 2.08. The van der Waals surface area contributed by atoms with Crippen molar-refractivity contribution < 1.29 is 17.4 Å². The maximum absolute atomic E-state index is 12.6. The molecule has 1 atom stereocenters. The molecular formula is C15H13ClF2N4O2S2. The van der Waals surface area contributed by atoms with Crippen molar-refractivity contribution in [1.29, 1.82) is 0 Å². The number of alkyl halides is 2. The van der Waals surface area contributed by atoms with E-state index in [1.165, 1.54) is 11.3 Å². The Morgan fingerprint density at radius 3 is 2.85 bits per heavy atom. The van der Waals surface area contributed by atoms with E-state index in [1.54, 1.807) is 34.0 Å². The molecule has 6 nitrogen and oxygen atoms in total. The van der Waals surface area contributed by atoms with Crippen LogP contribution in [-0.2, 0) is 17.5 Å². The zero-order chi connectivity index (χ0) is 18.7. The third kappa shape index (κ3) is 4.25. The van der Waals surface area contributed by atoms with E-state index in [0.29, 0.717) is 27.2 Å². The average Bonchev–Trinajstić information content (AvgIpc) is 3.28. The highest BCUT2D eigenvalue weighted by Gasteiger charge is 2.20. The third-order valence-electron chi connectivity index (χ3n) is 3.27. The van der Waals surface area contributed by atoms with E-state index in [-0.39, 0.29) is 12.4 Å². The maximum Gasteiger partial charge on any atom is 0.314 e. The first-order chi connectivity index (χ1) is 12.5. The molecule has 1 aromatic carbocycles. The van der Waals surface area contributed by atoms with Gasteiger partial charge >= 0.3 is 6.43 Å². The van der Waals surface area contributed by atoms with Gasteiger partial charge in [-0.15, -0.1) is 21.5 Å². The summed E-state index contributed by atoms with van der Waals surface area (Å²) in [5.41, 5.74) is 1.00. The van der Waals surface area contributed by atoms with Crippen LogP contribution in [0.4, 0.5) is 14.5 Å². The molecule has 0 saturated heterocycles. The molecule has 0 saturated carbocycles. The van der Waals surface area contributed by atoms with E-state index in [0.717, 1.165) is 0 Å².